The molecule has 3 aromatic carbocycles. The largest absolute Gasteiger partial charge is 0.497 e. The number of unbranched alkanes of at least 4 members (excludes halogenated alkanes) is 1. The number of carboxylic acids is 1. The molecule has 0 saturated heterocycles. The average Bonchev–Trinajstić information content (AvgIpc) is 3.07. The second-order valence-electron chi connectivity index (χ2n) is 11.2. The Balaban J connectivity index is 1.97. The van der Waals surface area contributed by atoms with Crippen LogP contribution in [0.1, 0.15) is 50.7 Å². The van der Waals surface area contributed by atoms with Crippen molar-refractivity contribution in [3.63, 3.8) is 0 Å². The number of aliphatic carboxylic acids is 1. The third kappa shape index (κ3) is 7.26. The van der Waals surface area contributed by atoms with Gasteiger partial charge in [0.1, 0.15) is 5.75 Å². The van der Waals surface area contributed by atoms with Crippen LogP contribution >= 0.6 is 22.5 Å². The molecule has 8 nitrogen and oxygen atoms in total. The Labute approximate surface area is 262 Å². The van der Waals surface area contributed by atoms with Gasteiger partial charge in [0.05, 0.1) is 29.0 Å². The Morgan fingerprint density at radius 2 is 1.77 bits per heavy atom. The molecule has 1 aliphatic rings. The zero-order chi connectivity index (χ0) is 31.2. The second kappa shape index (κ2) is 14.3. The first kappa shape index (κ1) is 33.0. The molecule has 0 radical (unpaired) electrons. The van der Waals surface area contributed by atoms with Gasteiger partial charge in [-0.3, -0.25) is 13.9 Å². The van der Waals surface area contributed by atoms with E-state index in [9.17, 15) is 19.0 Å². The van der Waals surface area contributed by atoms with Crippen LogP contribution in [0.3, 0.4) is 0 Å². The van der Waals surface area contributed by atoms with Gasteiger partial charge >= 0.3 is 5.97 Å². The van der Waals surface area contributed by atoms with E-state index in [1.54, 1.807) is 7.11 Å². The number of carboxylic acid groups (broad SMARTS) is 1. The molecule has 1 heterocycles. The number of carbonyl (C=O) groups is 1. The predicted octanol–water partition coefficient (Wildman–Crippen LogP) is 8.10. The van der Waals surface area contributed by atoms with E-state index in [4.69, 9.17) is 4.74 Å². The van der Waals surface area contributed by atoms with Crippen LogP contribution in [0.2, 0.25) is 0 Å². The number of anilines is 3. The molecule has 0 aromatic heterocycles. The lowest BCUT2D eigenvalue weighted by Gasteiger charge is -2.52. The third-order valence-corrected chi connectivity index (χ3v) is 11.2. The van der Waals surface area contributed by atoms with Crippen LogP contribution in [0.25, 0.3) is 0 Å². The fourth-order valence-electron chi connectivity index (χ4n) is 5.82. The van der Waals surface area contributed by atoms with Gasteiger partial charge in [0, 0.05) is 44.3 Å². The number of ether oxygens (including phenoxy) is 1. The van der Waals surface area contributed by atoms with E-state index in [0.717, 1.165) is 59.6 Å². The molecule has 43 heavy (non-hydrogen) atoms. The van der Waals surface area contributed by atoms with E-state index in [1.807, 2.05) is 77.9 Å². The van der Waals surface area contributed by atoms with E-state index < -0.39 is 22.3 Å². The van der Waals surface area contributed by atoms with Crippen LogP contribution in [0.4, 0.5) is 17.1 Å². The molecule has 1 unspecified atom stereocenters. The normalized spacial score (nSPS) is 18.9. The summed E-state index contributed by atoms with van der Waals surface area (Å²) in [5.41, 5.74) is 3.94. The highest BCUT2D eigenvalue weighted by Crippen LogP contribution is 2.63. The van der Waals surface area contributed by atoms with Crippen molar-refractivity contribution in [2.24, 2.45) is 0 Å². The number of benzene rings is 3. The van der Waals surface area contributed by atoms with Crippen LogP contribution in [0.15, 0.2) is 71.6 Å². The first-order valence-corrected chi connectivity index (χ1v) is 17.4. The van der Waals surface area contributed by atoms with Crippen LogP contribution in [0, 0.1) is 0 Å². The number of hydrogen-bond donors (Lipinski definition) is 3. The number of nitrogens with zero attached hydrogens (tertiary/aromatic N) is 3. The van der Waals surface area contributed by atoms with Gasteiger partial charge in [-0.05, 0) is 60.4 Å². The molecule has 1 aliphatic heterocycles. The molecule has 0 saturated carbocycles. The van der Waals surface area contributed by atoms with Crippen LogP contribution in [0.5, 0.6) is 5.75 Å². The Morgan fingerprint density at radius 3 is 2.35 bits per heavy atom. The Hall–Kier alpha value is -2.89. The number of rotatable bonds is 13. The lowest BCUT2D eigenvalue weighted by Crippen LogP contribution is -2.53. The summed E-state index contributed by atoms with van der Waals surface area (Å²) in [6.45, 7) is 5.24. The average molecular weight is 628 g/mol. The number of thioether (sulfide) groups is 1. The molecule has 0 aliphatic carbocycles. The molecule has 234 valence electrons. The van der Waals surface area contributed by atoms with Crippen molar-refractivity contribution in [2.75, 3.05) is 43.3 Å². The molecule has 0 amide bonds. The molecular weight excluding hydrogens is 583 g/mol. The summed E-state index contributed by atoms with van der Waals surface area (Å²) in [5, 5.41) is 9.28. The van der Waals surface area contributed by atoms with Gasteiger partial charge < -0.3 is 19.6 Å². The van der Waals surface area contributed by atoms with E-state index >= 15 is 0 Å². The minimum absolute atomic E-state index is 0.0318. The van der Waals surface area contributed by atoms with Crippen LogP contribution < -0.4 is 14.5 Å². The minimum Gasteiger partial charge on any atom is -0.497 e. The van der Waals surface area contributed by atoms with Gasteiger partial charge in [-0.1, -0.05) is 57.0 Å². The van der Waals surface area contributed by atoms with Gasteiger partial charge in [0.25, 0.3) is 0 Å². The highest BCUT2D eigenvalue weighted by molar-refractivity contribution is 8.22. The first-order chi connectivity index (χ1) is 20.6. The fraction of sp³-hybridized carbons (Fsp3) is 0.424. The Bertz CT molecular complexity index is 1370. The molecule has 10 heteroatoms. The summed E-state index contributed by atoms with van der Waals surface area (Å²) in [6.07, 6.45) is 3.45. The van der Waals surface area contributed by atoms with Gasteiger partial charge in [-0.15, -0.1) is 22.5 Å². The molecule has 3 aromatic rings. The van der Waals surface area contributed by atoms with Crippen molar-refractivity contribution in [1.82, 2.24) is 4.31 Å². The molecule has 4 rings (SSSR count). The summed E-state index contributed by atoms with van der Waals surface area (Å²) in [4.78, 5) is 16.0. The number of hydrogen-bond acceptors (Lipinski definition) is 8. The number of fused-ring (bicyclic) bond motifs is 1. The summed E-state index contributed by atoms with van der Waals surface area (Å²) in [7, 11) is 2.04. The van der Waals surface area contributed by atoms with Crippen molar-refractivity contribution in [3.05, 3.63) is 77.9 Å². The monoisotopic (exact) mass is 627 g/mol. The maximum Gasteiger partial charge on any atom is 0.313 e. The van der Waals surface area contributed by atoms with Crippen LogP contribution in [-0.2, 0) is 17.1 Å². The maximum absolute atomic E-state index is 12.5. The third-order valence-electron chi connectivity index (χ3n) is 8.21. The van der Waals surface area contributed by atoms with Crippen LogP contribution in [-0.4, -0.2) is 63.5 Å². The quantitative estimate of drug-likeness (QED) is 0.174. The fourth-order valence-corrected chi connectivity index (χ4v) is 8.69. The topological polar surface area (TPSA) is 96.7 Å². The van der Waals surface area contributed by atoms with Crippen molar-refractivity contribution in [1.29, 1.82) is 0 Å². The molecular formula is C33H45N3O5S2. The van der Waals surface area contributed by atoms with E-state index in [-0.39, 0.29) is 5.75 Å². The smallest absolute Gasteiger partial charge is 0.313 e. The lowest BCUT2D eigenvalue weighted by atomic mass is 9.88. The summed E-state index contributed by atoms with van der Waals surface area (Å²) in [6, 6.07) is 21.9. The summed E-state index contributed by atoms with van der Waals surface area (Å²) < 4.78 is 32.4. The van der Waals surface area contributed by atoms with Crippen molar-refractivity contribution < 1.29 is 23.7 Å². The summed E-state index contributed by atoms with van der Waals surface area (Å²) in [5.74, 6) is 0.274. The summed E-state index contributed by atoms with van der Waals surface area (Å²) >= 11 is 1.30. The highest BCUT2D eigenvalue weighted by atomic mass is 32.3. The zero-order valence-corrected chi connectivity index (χ0v) is 27.5. The molecule has 3 N–H and O–H groups in total. The molecule has 1 atom stereocenters. The lowest BCUT2D eigenvalue weighted by molar-refractivity contribution is -0.133. The van der Waals surface area contributed by atoms with Crippen molar-refractivity contribution >= 4 is 45.6 Å². The Kier molecular flexibility index (Phi) is 10.9. The number of methoxy groups -OCH3 is 1. The maximum atomic E-state index is 12.5. The molecule has 0 bridgehead atoms. The van der Waals surface area contributed by atoms with Crippen molar-refractivity contribution in [3.8, 4) is 5.75 Å². The van der Waals surface area contributed by atoms with Gasteiger partial charge in [-0.25, -0.2) is 0 Å². The predicted molar refractivity (Wildman–Crippen MR) is 180 cm³/mol. The molecule has 0 spiro atoms. The first-order valence-electron chi connectivity index (χ1n) is 14.7. The molecule has 0 fully saturated rings. The SMILES string of the molecule is CCCCC1(CC)CN(c2ccccc2)c2cc(N(C)C)c(CSCC(=O)O)cc2S(O)(O)N1Cc1ccc(OC)cc1. The minimum atomic E-state index is -3.51. The number of para-hydroxylation sites is 1. The van der Waals surface area contributed by atoms with Gasteiger partial charge in [0.15, 0.2) is 0 Å². The Morgan fingerprint density at radius 1 is 1.07 bits per heavy atom. The van der Waals surface area contributed by atoms with Gasteiger partial charge in [0.2, 0.25) is 0 Å². The standard InChI is InChI=1S/C33H45N3O5S2/c1-6-8-18-33(7-2)24-35(27-12-10-9-11-13-27)30-20-29(34(3)4)26(22-42-23-32(37)38)19-31(30)43(39,40)36(33)21-25-14-16-28(41-5)17-15-25/h9-17,19-20,39-40H,6-8,18,21-24H2,1-5H3,(H,37,38). The van der Waals surface area contributed by atoms with E-state index in [2.05, 4.69) is 30.9 Å². The second-order valence-corrected chi connectivity index (χ2v) is 14.1. The van der Waals surface area contributed by atoms with E-state index in [0.29, 0.717) is 23.7 Å². The van der Waals surface area contributed by atoms with E-state index in [1.165, 1.54) is 11.8 Å². The van der Waals surface area contributed by atoms with Crippen molar-refractivity contribution in [2.45, 2.75) is 62.3 Å². The van der Waals surface area contributed by atoms with Gasteiger partial charge in [-0.2, -0.15) is 4.31 Å². The highest BCUT2D eigenvalue weighted by Gasteiger charge is 2.48. The zero-order valence-electron chi connectivity index (χ0n) is 25.8.